The standard InChI is InChI=1S/C13H19NO5/c1-7(2)12(15)18-10-6-17-9(5-14)11(10)19-13(16)8(3)4/h7-11H,6H2,1-4H3. The molecular weight excluding hydrogens is 250 g/mol. The fraction of sp³-hybridized carbons (Fsp3) is 0.769. The first-order valence-electron chi connectivity index (χ1n) is 6.29. The van der Waals surface area contributed by atoms with Crippen molar-refractivity contribution < 1.29 is 23.8 Å². The minimum Gasteiger partial charge on any atom is -0.456 e. The molecule has 0 aromatic rings. The summed E-state index contributed by atoms with van der Waals surface area (Å²) in [5.74, 6) is -1.46. The van der Waals surface area contributed by atoms with Gasteiger partial charge in [-0.05, 0) is 0 Å². The number of esters is 2. The summed E-state index contributed by atoms with van der Waals surface area (Å²) in [5, 5.41) is 8.94. The van der Waals surface area contributed by atoms with Crippen molar-refractivity contribution in [3.8, 4) is 6.07 Å². The Morgan fingerprint density at radius 1 is 1.16 bits per heavy atom. The molecule has 6 nitrogen and oxygen atoms in total. The third-order valence-corrected chi connectivity index (χ3v) is 2.69. The molecule has 1 saturated heterocycles. The minimum atomic E-state index is -0.896. The van der Waals surface area contributed by atoms with E-state index in [9.17, 15) is 9.59 Å². The molecular formula is C13H19NO5. The molecule has 1 aliphatic heterocycles. The molecule has 0 amide bonds. The van der Waals surface area contributed by atoms with Crippen LogP contribution in [-0.4, -0.2) is 36.9 Å². The molecule has 106 valence electrons. The summed E-state index contributed by atoms with van der Waals surface area (Å²) in [5.41, 5.74) is 0. The van der Waals surface area contributed by atoms with E-state index >= 15 is 0 Å². The Hall–Kier alpha value is -1.61. The van der Waals surface area contributed by atoms with E-state index in [1.807, 2.05) is 6.07 Å². The first kappa shape index (κ1) is 15.4. The van der Waals surface area contributed by atoms with Gasteiger partial charge in [0.25, 0.3) is 0 Å². The van der Waals surface area contributed by atoms with Crippen LogP contribution in [0.3, 0.4) is 0 Å². The highest BCUT2D eigenvalue weighted by Gasteiger charge is 2.43. The zero-order valence-corrected chi connectivity index (χ0v) is 11.6. The van der Waals surface area contributed by atoms with Crippen molar-refractivity contribution in [1.29, 1.82) is 5.26 Å². The van der Waals surface area contributed by atoms with E-state index in [0.717, 1.165) is 0 Å². The average molecular weight is 269 g/mol. The lowest BCUT2D eigenvalue weighted by Gasteiger charge is -2.21. The zero-order valence-electron chi connectivity index (χ0n) is 11.6. The van der Waals surface area contributed by atoms with Crippen molar-refractivity contribution in [3.63, 3.8) is 0 Å². The third-order valence-electron chi connectivity index (χ3n) is 2.69. The molecule has 0 spiro atoms. The monoisotopic (exact) mass is 269 g/mol. The molecule has 1 heterocycles. The predicted octanol–water partition coefficient (Wildman–Crippen LogP) is 1.04. The largest absolute Gasteiger partial charge is 0.456 e. The van der Waals surface area contributed by atoms with Gasteiger partial charge in [0.1, 0.15) is 0 Å². The molecule has 1 rings (SSSR count). The number of rotatable bonds is 4. The number of nitriles is 1. The molecule has 3 atom stereocenters. The summed E-state index contributed by atoms with van der Waals surface area (Å²) in [6.07, 6.45) is -2.47. The molecule has 0 aromatic heterocycles. The Balaban J connectivity index is 2.72. The van der Waals surface area contributed by atoms with E-state index in [1.54, 1.807) is 27.7 Å². The molecule has 0 saturated carbocycles. The molecule has 19 heavy (non-hydrogen) atoms. The van der Waals surface area contributed by atoms with Crippen LogP contribution in [-0.2, 0) is 23.8 Å². The number of ether oxygens (including phenoxy) is 3. The highest BCUT2D eigenvalue weighted by atomic mass is 16.6. The van der Waals surface area contributed by atoms with Crippen molar-refractivity contribution in [2.24, 2.45) is 11.8 Å². The molecule has 6 heteroatoms. The van der Waals surface area contributed by atoms with Crippen molar-refractivity contribution >= 4 is 11.9 Å². The molecule has 0 N–H and O–H groups in total. The van der Waals surface area contributed by atoms with Crippen LogP contribution in [0.4, 0.5) is 0 Å². The van der Waals surface area contributed by atoms with Gasteiger partial charge in [-0.3, -0.25) is 9.59 Å². The summed E-state index contributed by atoms with van der Waals surface area (Å²) < 4.78 is 15.6. The van der Waals surface area contributed by atoms with E-state index in [0.29, 0.717) is 0 Å². The number of carbonyl (C=O) groups excluding carboxylic acids is 2. The van der Waals surface area contributed by atoms with Gasteiger partial charge in [-0.25, -0.2) is 0 Å². The second-order valence-electron chi connectivity index (χ2n) is 5.07. The zero-order chi connectivity index (χ0) is 14.6. The van der Waals surface area contributed by atoms with Gasteiger partial charge in [0.2, 0.25) is 0 Å². The maximum Gasteiger partial charge on any atom is 0.308 e. The summed E-state index contributed by atoms with van der Waals surface area (Å²) >= 11 is 0. The van der Waals surface area contributed by atoms with E-state index in [-0.39, 0.29) is 18.4 Å². The molecule has 0 radical (unpaired) electrons. The van der Waals surface area contributed by atoms with Crippen molar-refractivity contribution in [2.75, 3.05) is 6.61 Å². The van der Waals surface area contributed by atoms with Crippen LogP contribution in [0.2, 0.25) is 0 Å². The Bertz CT molecular complexity index is 385. The summed E-state index contributed by atoms with van der Waals surface area (Å²) in [7, 11) is 0. The number of hydrogen-bond acceptors (Lipinski definition) is 6. The van der Waals surface area contributed by atoms with Crippen LogP contribution in [0.25, 0.3) is 0 Å². The normalized spacial score (nSPS) is 26.3. The summed E-state index contributed by atoms with van der Waals surface area (Å²) in [4.78, 5) is 23.2. The van der Waals surface area contributed by atoms with Gasteiger partial charge in [0.15, 0.2) is 18.3 Å². The Morgan fingerprint density at radius 3 is 2.16 bits per heavy atom. The fourth-order valence-corrected chi connectivity index (χ4v) is 1.49. The summed E-state index contributed by atoms with van der Waals surface area (Å²) in [6.45, 7) is 6.85. The molecule has 1 fully saturated rings. The SMILES string of the molecule is CC(C)C(=O)OC1COC(C#N)C1OC(=O)C(C)C. The van der Waals surface area contributed by atoms with Crippen LogP contribution >= 0.6 is 0 Å². The highest BCUT2D eigenvalue weighted by Crippen LogP contribution is 2.22. The molecule has 3 unspecified atom stereocenters. The Labute approximate surface area is 112 Å². The second-order valence-corrected chi connectivity index (χ2v) is 5.07. The topological polar surface area (TPSA) is 85.6 Å². The maximum atomic E-state index is 11.6. The van der Waals surface area contributed by atoms with Crippen LogP contribution < -0.4 is 0 Å². The van der Waals surface area contributed by atoms with E-state index in [4.69, 9.17) is 19.5 Å². The van der Waals surface area contributed by atoms with Crippen LogP contribution in [0.15, 0.2) is 0 Å². The number of nitrogens with zero attached hydrogens (tertiary/aromatic N) is 1. The van der Waals surface area contributed by atoms with Crippen molar-refractivity contribution in [1.82, 2.24) is 0 Å². The van der Waals surface area contributed by atoms with Crippen molar-refractivity contribution in [3.05, 3.63) is 0 Å². The molecule has 0 aliphatic carbocycles. The Morgan fingerprint density at radius 2 is 1.68 bits per heavy atom. The van der Waals surface area contributed by atoms with E-state index < -0.39 is 30.3 Å². The minimum absolute atomic E-state index is 0.0622. The molecule has 1 aliphatic rings. The van der Waals surface area contributed by atoms with Crippen LogP contribution in [0.5, 0.6) is 0 Å². The smallest absolute Gasteiger partial charge is 0.308 e. The van der Waals surface area contributed by atoms with Crippen LogP contribution in [0, 0.1) is 23.2 Å². The molecule has 0 bridgehead atoms. The van der Waals surface area contributed by atoms with Gasteiger partial charge >= 0.3 is 11.9 Å². The quantitative estimate of drug-likeness (QED) is 0.709. The first-order valence-corrected chi connectivity index (χ1v) is 6.29. The van der Waals surface area contributed by atoms with E-state index in [1.165, 1.54) is 0 Å². The van der Waals surface area contributed by atoms with Gasteiger partial charge < -0.3 is 14.2 Å². The first-order chi connectivity index (χ1) is 8.86. The predicted molar refractivity (Wildman–Crippen MR) is 64.8 cm³/mol. The number of hydrogen-bond donors (Lipinski definition) is 0. The molecule has 0 aromatic carbocycles. The van der Waals surface area contributed by atoms with E-state index in [2.05, 4.69) is 0 Å². The summed E-state index contributed by atoms with van der Waals surface area (Å²) in [6, 6.07) is 1.90. The second kappa shape index (κ2) is 6.53. The third kappa shape index (κ3) is 3.93. The Kier molecular flexibility index (Phi) is 5.31. The van der Waals surface area contributed by atoms with Crippen molar-refractivity contribution in [2.45, 2.75) is 46.0 Å². The average Bonchev–Trinajstić information content (AvgIpc) is 2.71. The van der Waals surface area contributed by atoms with Crippen LogP contribution in [0.1, 0.15) is 27.7 Å². The van der Waals surface area contributed by atoms with Gasteiger partial charge in [-0.1, -0.05) is 27.7 Å². The number of carbonyl (C=O) groups is 2. The maximum absolute atomic E-state index is 11.6. The fourth-order valence-electron chi connectivity index (χ4n) is 1.49. The highest BCUT2D eigenvalue weighted by molar-refractivity contribution is 5.73. The lowest BCUT2D eigenvalue weighted by Crippen LogP contribution is -2.39. The van der Waals surface area contributed by atoms with Gasteiger partial charge in [-0.2, -0.15) is 5.26 Å². The van der Waals surface area contributed by atoms with Gasteiger partial charge in [0, 0.05) is 0 Å². The lowest BCUT2D eigenvalue weighted by molar-refractivity contribution is -0.168. The lowest BCUT2D eigenvalue weighted by atomic mass is 10.1. The van der Waals surface area contributed by atoms with Gasteiger partial charge in [0.05, 0.1) is 24.5 Å². The van der Waals surface area contributed by atoms with Gasteiger partial charge in [-0.15, -0.1) is 0 Å².